The summed E-state index contributed by atoms with van der Waals surface area (Å²) in [6.45, 7) is 1.61. The molecule has 3 aromatic rings. The highest BCUT2D eigenvalue weighted by atomic mass is 35.5. The summed E-state index contributed by atoms with van der Waals surface area (Å²) in [7, 11) is 0. The van der Waals surface area contributed by atoms with Gasteiger partial charge in [-0.1, -0.05) is 35.3 Å². The number of anilines is 1. The lowest BCUT2D eigenvalue weighted by atomic mass is 9.98. The highest BCUT2D eigenvalue weighted by molar-refractivity contribution is 6.53. The Bertz CT molecular complexity index is 1360. The van der Waals surface area contributed by atoms with Gasteiger partial charge in [0.15, 0.2) is 5.78 Å². The monoisotopic (exact) mass is 559 g/mol. The van der Waals surface area contributed by atoms with E-state index in [0.29, 0.717) is 17.2 Å². The summed E-state index contributed by atoms with van der Waals surface area (Å²) in [5, 5.41) is 2.73. The standard InChI is InChI=1S/C25H16Cl4F3NO2/c1-11-16(21(34)7-12-2-4-14(30)8-20(12)32)9-15(10-17(11)26)33-24(35)23-22(25(23,28)29)13-3-5-19(31)18(27)6-13/h2-6,8-10,22-23H,7H2,1H3,(H,33,35). The number of hydrogen-bond donors (Lipinski definition) is 1. The second kappa shape index (κ2) is 9.66. The maximum Gasteiger partial charge on any atom is 0.231 e. The van der Waals surface area contributed by atoms with Crippen molar-refractivity contribution in [1.29, 1.82) is 0 Å². The molecule has 1 amide bonds. The number of carbonyl (C=O) groups excluding carboxylic acids is 2. The molecular formula is C25H16Cl4F3NO2. The lowest BCUT2D eigenvalue weighted by Crippen LogP contribution is -2.18. The number of hydrogen-bond acceptors (Lipinski definition) is 2. The van der Waals surface area contributed by atoms with Crippen LogP contribution in [0.25, 0.3) is 0 Å². The summed E-state index contributed by atoms with van der Waals surface area (Å²) in [6, 6.07) is 9.81. The Labute approximate surface area is 219 Å². The van der Waals surface area contributed by atoms with Crippen LogP contribution >= 0.6 is 46.4 Å². The zero-order valence-corrected chi connectivity index (χ0v) is 21.0. The number of rotatable bonds is 6. The zero-order valence-electron chi connectivity index (χ0n) is 17.9. The van der Waals surface area contributed by atoms with E-state index in [4.69, 9.17) is 46.4 Å². The van der Waals surface area contributed by atoms with Gasteiger partial charge in [0.25, 0.3) is 0 Å². The topological polar surface area (TPSA) is 46.2 Å². The number of Topliss-reactive ketones (excluding diaryl/α,β-unsaturated/α-hetero) is 1. The maximum atomic E-state index is 14.0. The molecule has 1 saturated carbocycles. The molecule has 1 aliphatic rings. The highest BCUT2D eigenvalue weighted by Crippen LogP contribution is 2.65. The number of benzene rings is 3. The van der Waals surface area contributed by atoms with Crippen LogP contribution in [0.3, 0.4) is 0 Å². The Morgan fingerprint density at radius 1 is 0.943 bits per heavy atom. The van der Waals surface area contributed by atoms with Crippen LogP contribution in [0, 0.1) is 30.3 Å². The third-order valence-corrected chi connectivity index (χ3v) is 7.54. The van der Waals surface area contributed by atoms with Crippen LogP contribution < -0.4 is 5.32 Å². The number of amides is 1. The molecule has 0 bridgehead atoms. The smallest absolute Gasteiger partial charge is 0.231 e. The van der Waals surface area contributed by atoms with Crippen LogP contribution in [0.5, 0.6) is 0 Å². The van der Waals surface area contributed by atoms with E-state index in [1.807, 2.05) is 0 Å². The largest absolute Gasteiger partial charge is 0.326 e. The number of alkyl halides is 2. The molecule has 182 valence electrons. The van der Waals surface area contributed by atoms with Gasteiger partial charge in [-0.05, 0) is 53.9 Å². The van der Waals surface area contributed by atoms with Gasteiger partial charge >= 0.3 is 0 Å². The van der Waals surface area contributed by atoms with Gasteiger partial charge in [-0.2, -0.15) is 0 Å². The molecular weight excluding hydrogens is 545 g/mol. The fraction of sp³-hybridized carbons (Fsp3) is 0.200. The molecule has 0 aromatic heterocycles. The average Bonchev–Trinajstić information content (AvgIpc) is 3.36. The molecule has 1 fully saturated rings. The van der Waals surface area contributed by atoms with Crippen LogP contribution in [0.2, 0.25) is 10.0 Å². The minimum absolute atomic E-state index is 0.0224. The first-order valence-corrected chi connectivity index (χ1v) is 11.8. The average molecular weight is 561 g/mol. The fourth-order valence-corrected chi connectivity index (χ4v) is 5.20. The molecule has 2 unspecified atom stereocenters. The second-order valence-corrected chi connectivity index (χ2v) is 10.5. The third kappa shape index (κ3) is 5.17. The summed E-state index contributed by atoms with van der Waals surface area (Å²) in [4.78, 5) is 25.9. The van der Waals surface area contributed by atoms with E-state index >= 15 is 0 Å². The van der Waals surface area contributed by atoms with E-state index in [1.165, 1.54) is 30.3 Å². The van der Waals surface area contributed by atoms with Gasteiger partial charge in [0.05, 0.1) is 10.9 Å². The van der Waals surface area contributed by atoms with Crippen molar-refractivity contribution in [2.75, 3.05) is 5.32 Å². The van der Waals surface area contributed by atoms with Gasteiger partial charge < -0.3 is 5.32 Å². The van der Waals surface area contributed by atoms with E-state index in [1.54, 1.807) is 6.92 Å². The van der Waals surface area contributed by atoms with Crippen molar-refractivity contribution in [3.63, 3.8) is 0 Å². The molecule has 2 atom stereocenters. The van der Waals surface area contributed by atoms with E-state index in [9.17, 15) is 22.8 Å². The molecule has 0 saturated heterocycles. The fourth-order valence-electron chi connectivity index (χ4n) is 3.97. The Morgan fingerprint density at radius 2 is 1.66 bits per heavy atom. The molecule has 35 heavy (non-hydrogen) atoms. The SMILES string of the molecule is Cc1c(Cl)cc(NC(=O)C2C(c3ccc(F)c(Cl)c3)C2(Cl)Cl)cc1C(=O)Cc1ccc(F)cc1F. The molecule has 1 aliphatic carbocycles. The van der Waals surface area contributed by atoms with E-state index in [2.05, 4.69) is 5.32 Å². The molecule has 10 heteroatoms. The first-order chi connectivity index (χ1) is 16.4. The van der Waals surface area contributed by atoms with Gasteiger partial charge in [0, 0.05) is 34.7 Å². The maximum absolute atomic E-state index is 14.0. The first-order valence-electron chi connectivity index (χ1n) is 10.3. The van der Waals surface area contributed by atoms with Crippen LogP contribution in [-0.2, 0) is 11.2 Å². The predicted molar refractivity (Wildman–Crippen MR) is 131 cm³/mol. The molecule has 0 spiro atoms. The van der Waals surface area contributed by atoms with Crippen molar-refractivity contribution in [3.8, 4) is 0 Å². The number of halogens is 7. The molecule has 3 nitrogen and oxygen atoms in total. The summed E-state index contributed by atoms with van der Waals surface area (Å²) in [6.07, 6.45) is -0.330. The molecule has 3 aromatic carbocycles. The Balaban J connectivity index is 1.55. The van der Waals surface area contributed by atoms with Crippen LogP contribution in [0.4, 0.5) is 18.9 Å². The Hall–Kier alpha value is -2.25. The highest BCUT2D eigenvalue weighted by Gasteiger charge is 2.67. The first kappa shape index (κ1) is 25.8. The van der Waals surface area contributed by atoms with Crippen molar-refractivity contribution in [2.24, 2.45) is 5.92 Å². The number of nitrogens with one attached hydrogen (secondary N) is 1. The summed E-state index contributed by atoms with van der Waals surface area (Å²) in [5.74, 6) is -4.72. The lowest BCUT2D eigenvalue weighted by Gasteiger charge is -2.12. The van der Waals surface area contributed by atoms with Crippen LogP contribution in [0.15, 0.2) is 48.5 Å². The predicted octanol–water partition coefficient (Wildman–Crippen LogP) is 7.67. The van der Waals surface area contributed by atoms with Crippen molar-refractivity contribution >= 4 is 63.8 Å². The van der Waals surface area contributed by atoms with E-state index in [0.717, 1.165) is 12.1 Å². The number of ketones is 1. The number of carbonyl (C=O) groups is 2. The molecule has 4 rings (SSSR count). The van der Waals surface area contributed by atoms with Gasteiger partial charge in [-0.25, -0.2) is 13.2 Å². The van der Waals surface area contributed by atoms with Crippen molar-refractivity contribution in [2.45, 2.75) is 23.6 Å². The van der Waals surface area contributed by atoms with Gasteiger partial charge in [0.1, 0.15) is 21.8 Å². The van der Waals surface area contributed by atoms with Crippen molar-refractivity contribution in [1.82, 2.24) is 0 Å². The molecule has 0 radical (unpaired) electrons. The minimum atomic E-state index is -1.45. The third-order valence-electron chi connectivity index (χ3n) is 5.92. The molecule has 0 aliphatic heterocycles. The van der Waals surface area contributed by atoms with E-state index in [-0.39, 0.29) is 33.3 Å². The van der Waals surface area contributed by atoms with E-state index < -0.39 is 45.3 Å². The molecule has 0 heterocycles. The van der Waals surface area contributed by atoms with Gasteiger partial charge in [-0.15, -0.1) is 23.2 Å². The van der Waals surface area contributed by atoms with Crippen molar-refractivity contribution < 1.29 is 22.8 Å². The summed E-state index contributed by atoms with van der Waals surface area (Å²) < 4.78 is 39.3. The minimum Gasteiger partial charge on any atom is -0.326 e. The Kier molecular flexibility index (Phi) is 7.13. The molecule has 1 N–H and O–H groups in total. The lowest BCUT2D eigenvalue weighted by molar-refractivity contribution is -0.117. The van der Waals surface area contributed by atoms with Crippen molar-refractivity contribution in [3.05, 3.63) is 98.3 Å². The van der Waals surface area contributed by atoms with Crippen LogP contribution in [0.1, 0.15) is 33.0 Å². The normalized spacial score (nSPS) is 18.3. The van der Waals surface area contributed by atoms with Gasteiger partial charge in [-0.3, -0.25) is 9.59 Å². The summed E-state index contributed by atoms with van der Waals surface area (Å²) in [5.41, 5.74) is 1.33. The quantitative estimate of drug-likeness (QED) is 0.248. The van der Waals surface area contributed by atoms with Crippen LogP contribution in [-0.4, -0.2) is 16.0 Å². The Morgan fingerprint density at radius 3 is 2.31 bits per heavy atom. The summed E-state index contributed by atoms with van der Waals surface area (Å²) >= 11 is 24.8. The second-order valence-electron chi connectivity index (χ2n) is 8.26. The van der Waals surface area contributed by atoms with Gasteiger partial charge in [0.2, 0.25) is 5.91 Å². The zero-order chi connectivity index (χ0) is 25.7.